The molecule has 3 atom stereocenters. The highest BCUT2D eigenvalue weighted by molar-refractivity contribution is 8.00. The van der Waals surface area contributed by atoms with Gasteiger partial charge in [0.1, 0.15) is 10.9 Å². The first kappa shape index (κ1) is 33.0. The van der Waals surface area contributed by atoms with Gasteiger partial charge in [-0.15, -0.1) is 23.5 Å². The lowest BCUT2D eigenvalue weighted by Crippen LogP contribution is -2.45. The molecular formula is C23H32F4N2O6S2. The third-order valence-electron chi connectivity index (χ3n) is 4.60. The molecule has 1 aromatic rings. The van der Waals surface area contributed by atoms with E-state index in [1.165, 1.54) is 23.5 Å². The molecule has 37 heavy (non-hydrogen) atoms. The number of carbonyl (C=O) groups excluding carboxylic acids is 3. The van der Waals surface area contributed by atoms with E-state index in [4.69, 9.17) is 9.47 Å². The topological polar surface area (TPSA) is 103 Å². The quantitative estimate of drug-likeness (QED) is 0.0957. The molecule has 8 nitrogen and oxygen atoms in total. The van der Waals surface area contributed by atoms with E-state index in [9.17, 15) is 31.9 Å². The number of esters is 1. The SMILES string of the molecule is CCO[C@H](C)SCC(=O)NCC(CCC(=O)Oc1c(F)c(F)cc(F)c1F)NC(=O)CS[C@@H](C)OCC. The van der Waals surface area contributed by atoms with Crippen LogP contribution in [-0.4, -0.2) is 66.0 Å². The van der Waals surface area contributed by atoms with E-state index in [2.05, 4.69) is 15.4 Å². The second-order valence-electron chi connectivity index (χ2n) is 7.55. The Morgan fingerprint density at radius 1 is 0.892 bits per heavy atom. The Balaban J connectivity index is 2.74. The summed E-state index contributed by atoms with van der Waals surface area (Å²) in [5.41, 5.74) is -0.427. The molecule has 1 aromatic carbocycles. The van der Waals surface area contributed by atoms with Crippen LogP contribution in [0.25, 0.3) is 0 Å². The standard InChI is InChI=1S/C23H32F4N2O6S2/c1-5-33-13(3)36-11-18(30)28-10-15(29-19(31)12-37-14(4)34-6-2)7-8-20(32)35-23-21(26)16(24)9-17(25)22(23)27/h9,13-15H,5-8,10-12H2,1-4H3,(H,28,30)(H,29,31)/t13-,14-,15?/m0/s1. The van der Waals surface area contributed by atoms with E-state index in [0.717, 1.165) is 0 Å². The summed E-state index contributed by atoms with van der Waals surface area (Å²) < 4.78 is 69.5. The largest absolute Gasteiger partial charge is 0.420 e. The van der Waals surface area contributed by atoms with Crippen molar-refractivity contribution in [3.05, 3.63) is 29.3 Å². The van der Waals surface area contributed by atoms with Gasteiger partial charge in [-0.3, -0.25) is 14.4 Å². The number of thioether (sulfide) groups is 2. The zero-order valence-corrected chi connectivity index (χ0v) is 22.7. The molecule has 14 heteroatoms. The van der Waals surface area contributed by atoms with Crippen molar-refractivity contribution in [1.29, 1.82) is 0 Å². The van der Waals surface area contributed by atoms with Crippen molar-refractivity contribution < 1.29 is 46.2 Å². The lowest BCUT2D eigenvalue weighted by Gasteiger charge is -2.20. The minimum absolute atomic E-state index is 0.00588. The minimum atomic E-state index is -1.84. The Hall–Kier alpha value is -2.03. The van der Waals surface area contributed by atoms with E-state index in [1.54, 1.807) is 13.8 Å². The van der Waals surface area contributed by atoms with E-state index in [1.807, 2.05) is 13.8 Å². The van der Waals surface area contributed by atoms with E-state index in [-0.39, 0.29) is 47.3 Å². The van der Waals surface area contributed by atoms with Crippen LogP contribution in [0.5, 0.6) is 5.75 Å². The maximum atomic E-state index is 13.8. The van der Waals surface area contributed by atoms with Gasteiger partial charge in [-0.1, -0.05) is 0 Å². The third kappa shape index (κ3) is 12.9. The van der Waals surface area contributed by atoms with Crippen LogP contribution < -0.4 is 15.4 Å². The highest BCUT2D eigenvalue weighted by Crippen LogP contribution is 2.27. The van der Waals surface area contributed by atoms with Gasteiger partial charge in [0, 0.05) is 38.3 Å². The molecule has 0 fully saturated rings. The molecule has 0 saturated heterocycles. The predicted molar refractivity (Wildman–Crippen MR) is 133 cm³/mol. The molecule has 0 bridgehead atoms. The lowest BCUT2D eigenvalue weighted by atomic mass is 10.1. The van der Waals surface area contributed by atoms with Crippen molar-refractivity contribution in [2.45, 2.75) is 57.5 Å². The third-order valence-corrected chi connectivity index (χ3v) is 6.66. The summed E-state index contributed by atoms with van der Waals surface area (Å²) in [4.78, 5) is 36.7. The number of ether oxygens (including phenoxy) is 3. The summed E-state index contributed by atoms with van der Waals surface area (Å²) in [6.07, 6.45) is -0.573. The second kappa shape index (κ2) is 17.5. The van der Waals surface area contributed by atoms with Gasteiger partial charge in [-0.25, -0.2) is 8.78 Å². The number of rotatable bonds is 17. The van der Waals surface area contributed by atoms with Crippen LogP contribution in [0, 0.1) is 23.3 Å². The summed E-state index contributed by atoms with van der Waals surface area (Å²) in [5.74, 6) is -10.4. The summed E-state index contributed by atoms with van der Waals surface area (Å²) in [7, 11) is 0. The van der Waals surface area contributed by atoms with E-state index < -0.39 is 53.4 Å². The Labute approximate surface area is 221 Å². The van der Waals surface area contributed by atoms with Gasteiger partial charge in [0.2, 0.25) is 29.2 Å². The van der Waals surface area contributed by atoms with Crippen molar-refractivity contribution in [2.24, 2.45) is 0 Å². The van der Waals surface area contributed by atoms with Crippen molar-refractivity contribution >= 4 is 41.3 Å². The van der Waals surface area contributed by atoms with Gasteiger partial charge >= 0.3 is 5.97 Å². The fourth-order valence-corrected chi connectivity index (χ4v) is 4.25. The first-order valence-corrected chi connectivity index (χ1v) is 13.6. The average molecular weight is 573 g/mol. The molecule has 0 aliphatic heterocycles. The molecular weight excluding hydrogens is 540 g/mol. The molecule has 0 aromatic heterocycles. The number of hydrogen-bond acceptors (Lipinski definition) is 8. The van der Waals surface area contributed by atoms with Crippen LogP contribution >= 0.6 is 23.5 Å². The number of halogens is 4. The molecule has 1 unspecified atom stereocenters. The molecule has 1 rings (SSSR count). The van der Waals surface area contributed by atoms with Gasteiger partial charge in [0.05, 0.1) is 11.5 Å². The zero-order chi connectivity index (χ0) is 28.0. The Kier molecular flexibility index (Phi) is 15.6. The highest BCUT2D eigenvalue weighted by Gasteiger charge is 2.24. The van der Waals surface area contributed by atoms with Gasteiger partial charge < -0.3 is 24.8 Å². The fraction of sp³-hybridized carbons (Fsp3) is 0.609. The first-order valence-electron chi connectivity index (χ1n) is 11.5. The first-order chi connectivity index (χ1) is 17.5. The number of amides is 2. The van der Waals surface area contributed by atoms with Crippen LogP contribution in [0.4, 0.5) is 17.6 Å². The summed E-state index contributed by atoms with van der Waals surface area (Å²) in [6.45, 7) is 8.15. The number of benzene rings is 1. The highest BCUT2D eigenvalue weighted by atomic mass is 32.2. The van der Waals surface area contributed by atoms with Gasteiger partial charge in [0.25, 0.3) is 0 Å². The van der Waals surface area contributed by atoms with E-state index in [0.29, 0.717) is 13.2 Å². The van der Waals surface area contributed by atoms with E-state index >= 15 is 0 Å². The molecule has 0 aliphatic carbocycles. The zero-order valence-electron chi connectivity index (χ0n) is 21.0. The van der Waals surface area contributed by atoms with Crippen molar-refractivity contribution in [2.75, 3.05) is 31.3 Å². The molecule has 2 amide bonds. The van der Waals surface area contributed by atoms with Gasteiger partial charge in [-0.2, -0.15) is 8.78 Å². The second-order valence-corrected chi connectivity index (χ2v) is 10.1. The predicted octanol–water partition coefficient (Wildman–Crippen LogP) is 3.76. The maximum Gasteiger partial charge on any atom is 0.311 e. The van der Waals surface area contributed by atoms with Crippen molar-refractivity contribution in [3.63, 3.8) is 0 Å². The minimum Gasteiger partial charge on any atom is -0.420 e. The molecule has 2 N–H and O–H groups in total. The van der Waals surface area contributed by atoms with Crippen molar-refractivity contribution in [1.82, 2.24) is 10.6 Å². The maximum absolute atomic E-state index is 13.8. The van der Waals surface area contributed by atoms with Gasteiger partial charge in [-0.05, 0) is 34.1 Å². The molecule has 210 valence electrons. The molecule has 0 radical (unpaired) electrons. The van der Waals surface area contributed by atoms with Crippen LogP contribution in [0.3, 0.4) is 0 Å². The Morgan fingerprint density at radius 3 is 1.92 bits per heavy atom. The number of carbonyl (C=O) groups is 3. The van der Waals surface area contributed by atoms with Crippen LogP contribution in [0.2, 0.25) is 0 Å². The molecule has 0 spiro atoms. The monoisotopic (exact) mass is 572 g/mol. The average Bonchev–Trinajstić information content (AvgIpc) is 2.84. The lowest BCUT2D eigenvalue weighted by molar-refractivity contribution is -0.135. The normalized spacial score (nSPS) is 13.5. The smallest absolute Gasteiger partial charge is 0.311 e. The number of nitrogens with one attached hydrogen (secondary N) is 2. The van der Waals surface area contributed by atoms with Crippen molar-refractivity contribution in [3.8, 4) is 5.75 Å². The molecule has 0 aliphatic rings. The Bertz CT molecular complexity index is 886. The van der Waals surface area contributed by atoms with Crippen LogP contribution in [-0.2, 0) is 23.9 Å². The molecule has 0 saturated carbocycles. The molecule has 0 heterocycles. The summed E-state index contributed by atoms with van der Waals surface area (Å²) in [6, 6.07) is -0.756. The van der Waals surface area contributed by atoms with Crippen LogP contribution in [0.1, 0.15) is 40.5 Å². The van der Waals surface area contributed by atoms with Crippen LogP contribution in [0.15, 0.2) is 6.07 Å². The van der Waals surface area contributed by atoms with Gasteiger partial charge in [0.15, 0.2) is 11.6 Å². The Morgan fingerprint density at radius 2 is 1.41 bits per heavy atom. The summed E-state index contributed by atoms with van der Waals surface area (Å²) >= 11 is 2.51. The fourth-order valence-electron chi connectivity index (χ4n) is 2.83. The summed E-state index contributed by atoms with van der Waals surface area (Å²) in [5, 5.41) is 5.32. The number of hydrogen-bond donors (Lipinski definition) is 2.